The summed E-state index contributed by atoms with van der Waals surface area (Å²) >= 11 is 0. The molecule has 2 rings (SSSR count). The van der Waals surface area contributed by atoms with Crippen LogP contribution in [-0.4, -0.2) is 24.3 Å². The van der Waals surface area contributed by atoms with Crippen LogP contribution in [0.25, 0.3) is 0 Å². The minimum Gasteiger partial charge on any atom is -0.489 e. The second kappa shape index (κ2) is 5.22. The van der Waals surface area contributed by atoms with E-state index in [1.807, 2.05) is 0 Å². The first-order valence-electron chi connectivity index (χ1n) is 5.65. The maximum Gasteiger partial charge on any atom is 0.305 e. The molecule has 98 valence electrons. The van der Waals surface area contributed by atoms with Crippen molar-refractivity contribution in [3.8, 4) is 11.5 Å². The fourth-order valence-corrected chi connectivity index (χ4v) is 1.80. The normalized spacial score (nSPS) is 15.9. The third kappa shape index (κ3) is 2.53. The van der Waals surface area contributed by atoms with E-state index in [9.17, 15) is 9.18 Å². The van der Waals surface area contributed by atoms with Gasteiger partial charge in [0, 0.05) is 18.0 Å². The van der Waals surface area contributed by atoms with E-state index in [0.717, 1.165) is 0 Å². The van der Waals surface area contributed by atoms with Crippen molar-refractivity contribution in [2.45, 2.75) is 18.9 Å². The molecular weight excluding hydrogens is 241 g/mol. The Labute approximate surface area is 103 Å². The van der Waals surface area contributed by atoms with Gasteiger partial charge < -0.3 is 20.3 Å². The summed E-state index contributed by atoms with van der Waals surface area (Å²) in [5.74, 6) is -1.36. The van der Waals surface area contributed by atoms with Gasteiger partial charge in [-0.2, -0.15) is 0 Å². The van der Waals surface area contributed by atoms with Crippen molar-refractivity contribution in [3.63, 3.8) is 0 Å². The van der Waals surface area contributed by atoms with Crippen molar-refractivity contribution in [1.29, 1.82) is 0 Å². The standard InChI is InChI=1S/C12H14FNO4/c13-11-7(8(14)6-10(15)16)2-3-9-12(11)18-5-1-4-17-9/h2-3,8H,1,4-6,14H2,(H,15,16). The molecule has 0 aliphatic carbocycles. The smallest absolute Gasteiger partial charge is 0.305 e. The van der Waals surface area contributed by atoms with Gasteiger partial charge in [-0.15, -0.1) is 0 Å². The van der Waals surface area contributed by atoms with Crippen molar-refractivity contribution in [3.05, 3.63) is 23.5 Å². The van der Waals surface area contributed by atoms with E-state index < -0.39 is 17.8 Å². The van der Waals surface area contributed by atoms with Gasteiger partial charge in [-0.25, -0.2) is 4.39 Å². The van der Waals surface area contributed by atoms with Gasteiger partial charge in [-0.3, -0.25) is 4.79 Å². The van der Waals surface area contributed by atoms with E-state index >= 15 is 0 Å². The summed E-state index contributed by atoms with van der Waals surface area (Å²) in [6, 6.07) is 2.09. The van der Waals surface area contributed by atoms with Crippen LogP contribution in [0.2, 0.25) is 0 Å². The van der Waals surface area contributed by atoms with Crippen molar-refractivity contribution in [2.75, 3.05) is 13.2 Å². The van der Waals surface area contributed by atoms with E-state index in [2.05, 4.69) is 0 Å². The SMILES string of the molecule is NC(CC(=O)O)c1ccc2c(c1F)OCCCO2. The maximum absolute atomic E-state index is 14.2. The molecular formula is C12H14FNO4. The van der Waals surface area contributed by atoms with E-state index in [1.54, 1.807) is 6.07 Å². The molecule has 0 saturated heterocycles. The zero-order valence-electron chi connectivity index (χ0n) is 9.69. The summed E-state index contributed by atoms with van der Waals surface area (Å²) in [7, 11) is 0. The van der Waals surface area contributed by atoms with Crippen LogP contribution in [0.5, 0.6) is 11.5 Å². The number of carboxylic acids is 1. The summed E-state index contributed by atoms with van der Waals surface area (Å²) in [5.41, 5.74) is 5.78. The number of hydrogen-bond donors (Lipinski definition) is 2. The van der Waals surface area contributed by atoms with Crippen molar-refractivity contribution in [1.82, 2.24) is 0 Å². The predicted molar refractivity (Wildman–Crippen MR) is 61.2 cm³/mol. The third-order valence-electron chi connectivity index (χ3n) is 2.68. The van der Waals surface area contributed by atoms with E-state index in [4.69, 9.17) is 20.3 Å². The Morgan fingerprint density at radius 3 is 2.89 bits per heavy atom. The number of carboxylic acid groups (broad SMARTS) is 1. The first-order valence-corrected chi connectivity index (χ1v) is 5.65. The summed E-state index contributed by atoms with van der Waals surface area (Å²) in [6.07, 6.45) is 0.335. The van der Waals surface area contributed by atoms with Crippen molar-refractivity contribution in [2.24, 2.45) is 5.73 Å². The lowest BCUT2D eigenvalue weighted by atomic mass is 10.0. The number of nitrogens with two attached hydrogens (primary N) is 1. The Bertz CT molecular complexity index is 464. The van der Waals surface area contributed by atoms with Gasteiger partial charge >= 0.3 is 5.97 Å². The molecule has 3 N–H and O–H groups in total. The number of rotatable bonds is 3. The Kier molecular flexibility index (Phi) is 3.66. The van der Waals surface area contributed by atoms with Gasteiger partial charge in [-0.05, 0) is 6.07 Å². The Balaban J connectivity index is 2.33. The second-order valence-electron chi connectivity index (χ2n) is 4.05. The van der Waals surface area contributed by atoms with Gasteiger partial charge in [0.2, 0.25) is 0 Å². The van der Waals surface area contributed by atoms with Crippen LogP contribution in [0.15, 0.2) is 12.1 Å². The lowest BCUT2D eigenvalue weighted by molar-refractivity contribution is -0.137. The van der Waals surface area contributed by atoms with Crippen LogP contribution in [0.4, 0.5) is 4.39 Å². The van der Waals surface area contributed by atoms with Crippen LogP contribution in [-0.2, 0) is 4.79 Å². The first-order chi connectivity index (χ1) is 8.59. The summed E-state index contributed by atoms with van der Waals surface area (Å²) < 4.78 is 24.8. The van der Waals surface area contributed by atoms with E-state index in [-0.39, 0.29) is 17.7 Å². The predicted octanol–water partition coefficient (Wildman–Crippen LogP) is 1.46. The molecule has 1 heterocycles. The van der Waals surface area contributed by atoms with Gasteiger partial charge in [-0.1, -0.05) is 6.07 Å². The van der Waals surface area contributed by atoms with Crippen molar-refractivity contribution < 1.29 is 23.8 Å². The zero-order chi connectivity index (χ0) is 13.1. The van der Waals surface area contributed by atoms with Crippen LogP contribution in [0.1, 0.15) is 24.4 Å². The van der Waals surface area contributed by atoms with Gasteiger partial charge in [0.25, 0.3) is 0 Å². The molecule has 0 amide bonds. The number of hydrogen-bond acceptors (Lipinski definition) is 4. The quantitative estimate of drug-likeness (QED) is 0.854. The topological polar surface area (TPSA) is 81.8 Å². The summed E-state index contributed by atoms with van der Waals surface area (Å²) in [4.78, 5) is 10.6. The van der Waals surface area contributed by atoms with Crippen LogP contribution < -0.4 is 15.2 Å². The fourth-order valence-electron chi connectivity index (χ4n) is 1.80. The first kappa shape index (κ1) is 12.6. The highest BCUT2D eigenvalue weighted by atomic mass is 19.1. The molecule has 1 aromatic carbocycles. The lowest BCUT2D eigenvalue weighted by Gasteiger charge is -2.15. The molecule has 0 aromatic heterocycles. The lowest BCUT2D eigenvalue weighted by Crippen LogP contribution is -2.17. The van der Waals surface area contributed by atoms with Crippen molar-refractivity contribution >= 4 is 5.97 Å². The Morgan fingerprint density at radius 2 is 2.17 bits per heavy atom. The zero-order valence-corrected chi connectivity index (χ0v) is 9.69. The molecule has 0 bridgehead atoms. The molecule has 1 aliphatic heterocycles. The highest BCUT2D eigenvalue weighted by Crippen LogP contribution is 2.36. The molecule has 0 spiro atoms. The minimum atomic E-state index is -1.07. The monoisotopic (exact) mass is 255 g/mol. The van der Waals surface area contributed by atoms with Crippen LogP contribution >= 0.6 is 0 Å². The molecule has 1 unspecified atom stereocenters. The number of aliphatic carboxylic acids is 1. The largest absolute Gasteiger partial charge is 0.489 e. The number of halogens is 1. The molecule has 1 aromatic rings. The summed E-state index contributed by atoms with van der Waals surface area (Å²) in [6.45, 7) is 0.828. The van der Waals surface area contributed by atoms with Crippen LogP contribution in [0.3, 0.4) is 0 Å². The molecule has 0 radical (unpaired) electrons. The van der Waals surface area contributed by atoms with Gasteiger partial charge in [0.15, 0.2) is 17.3 Å². The molecule has 6 heteroatoms. The highest BCUT2D eigenvalue weighted by Gasteiger charge is 2.22. The maximum atomic E-state index is 14.2. The second-order valence-corrected chi connectivity index (χ2v) is 4.05. The van der Waals surface area contributed by atoms with Crippen LogP contribution in [0, 0.1) is 5.82 Å². The average molecular weight is 255 g/mol. The third-order valence-corrected chi connectivity index (χ3v) is 2.68. The number of ether oxygens (including phenoxy) is 2. The number of fused-ring (bicyclic) bond motifs is 1. The van der Waals surface area contributed by atoms with E-state index in [0.29, 0.717) is 25.4 Å². The Morgan fingerprint density at radius 1 is 1.44 bits per heavy atom. The summed E-state index contributed by atoms with van der Waals surface area (Å²) in [5, 5.41) is 8.66. The average Bonchev–Trinajstić information content (AvgIpc) is 2.54. The molecule has 1 atom stereocenters. The fraction of sp³-hybridized carbons (Fsp3) is 0.417. The molecule has 0 saturated carbocycles. The molecule has 18 heavy (non-hydrogen) atoms. The Hall–Kier alpha value is -1.82. The van der Waals surface area contributed by atoms with Gasteiger partial charge in [0.05, 0.1) is 19.6 Å². The number of benzene rings is 1. The minimum absolute atomic E-state index is 0.0193. The number of carbonyl (C=O) groups is 1. The van der Waals surface area contributed by atoms with Gasteiger partial charge in [0.1, 0.15) is 0 Å². The molecule has 5 nitrogen and oxygen atoms in total. The molecule has 1 aliphatic rings. The molecule has 0 fully saturated rings. The highest BCUT2D eigenvalue weighted by molar-refractivity contribution is 5.68. The van der Waals surface area contributed by atoms with E-state index in [1.165, 1.54) is 6.07 Å².